The fourth-order valence-electron chi connectivity index (χ4n) is 3.95. The molecule has 1 aliphatic heterocycles. The van der Waals surface area contributed by atoms with Crippen LogP contribution in [0.15, 0.2) is 36.0 Å². The van der Waals surface area contributed by atoms with Gasteiger partial charge in [-0.3, -0.25) is 14.5 Å². The second-order valence-electron chi connectivity index (χ2n) is 7.99. The second kappa shape index (κ2) is 10.6. The van der Waals surface area contributed by atoms with E-state index in [0.29, 0.717) is 24.3 Å². The van der Waals surface area contributed by atoms with Crippen molar-refractivity contribution in [3.63, 3.8) is 0 Å². The molecule has 0 amide bonds. The van der Waals surface area contributed by atoms with Gasteiger partial charge in [0.1, 0.15) is 12.4 Å². The van der Waals surface area contributed by atoms with Gasteiger partial charge in [0.15, 0.2) is 5.78 Å². The number of hydrogen-bond donors (Lipinski definition) is 1. The van der Waals surface area contributed by atoms with E-state index in [-0.39, 0.29) is 41.7 Å². The van der Waals surface area contributed by atoms with Gasteiger partial charge in [-0.2, -0.15) is 12.6 Å². The van der Waals surface area contributed by atoms with Crippen LogP contribution in [0, 0.1) is 11.7 Å². The van der Waals surface area contributed by atoms with Gasteiger partial charge in [0.25, 0.3) is 0 Å². The van der Waals surface area contributed by atoms with Crippen LogP contribution in [0.2, 0.25) is 0 Å². The first-order valence-electron chi connectivity index (χ1n) is 10.3. The third kappa shape index (κ3) is 5.39. The van der Waals surface area contributed by atoms with Crippen molar-refractivity contribution in [1.82, 2.24) is 19.9 Å². The highest BCUT2D eigenvalue weighted by atomic mass is 35.5. The molecule has 2 atom stereocenters. The SMILES string of the molecule is COC(=O)Cn1nncc1/C=C1\CN(C(C(=O)C2CC2)c2ccccc2F)CCC1S.Cl. The number of ether oxygens (including phenoxy) is 1. The van der Waals surface area contributed by atoms with E-state index in [1.807, 2.05) is 11.0 Å². The molecule has 1 saturated carbocycles. The Morgan fingerprint density at radius 1 is 1.31 bits per heavy atom. The highest BCUT2D eigenvalue weighted by molar-refractivity contribution is 7.81. The summed E-state index contributed by atoms with van der Waals surface area (Å²) in [7, 11) is 1.32. The first-order valence-corrected chi connectivity index (χ1v) is 10.9. The third-order valence-corrected chi connectivity index (χ3v) is 6.39. The van der Waals surface area contributed by atoms with Crippen molar-refractivity contribution in [3.8, 4) is 0 Å². The summed E-state index contributed by atoms with van der Waals surface area (Å²) in [4.78, 5) is 26.8. The minimum atomic E-state index is -0.615. The first-order chi connectivity index (χ1) is 15.0. The molecule has 1 saturated heterocycles. The largest absolute Gasteiger partial charge is 0.468 e. The van der Waals surface area contributed by atoms with Gasteiger partial charge in [-0.1, -0.05) is 23.4 Å². The van der Waals surface area contributed by atoms with E-state index in [1.54, 1.807) is 24.4 Å². The summed E-state index contributed by atoms with van der Waals surface area (Å²) in [6.07, 6.45) is 5.92. The molecule has 2 aliphatic rings. The van der Waals surface area contributed by atoms with Gasteiger partial charge >= 0.3 is 5.97 Å². The summed E-state index contributed by atoms with van der Waals surface area (Å²) in [5.74, 6) is -0.691. The Labute approximate surface area is 197 Å². The number of halogens is 2. The summed E-state index contributed by atoms with van der Waals surface area (Å²) in [6.45, 7) is 1.06. The van der Waals surface area contributed by atoms with Crippen LogP contribution >= 0.6 is 25.0 Å². The molecular weight excluding hydrogens is 455 g/mol. The average Bonchev–Trinajstić information content (AvgIpc) is 3.53. The maximum Gasteiger partial charge on any atom is 0.327 e. The normalized spacial score (nSPS) is 21.1. The van der Waals surface area contributed by atoms with E-state index in [4.69, 9.17) is 17.4 Å². The van der Waals surface area contributed by atoms with Crippen molar-refractivity contribution in [1.29, 1.82) is 0 Å². The quantitative estimate of drug-likeness (QED) is 0.484. The Hall–Kier alpha value is -2.23. The van der Waals surface area contributed by atoms with Crippen LogP contribution in [-0.2, 0) is 20.9 Å². The van der Waals surface area contributed by atoms with Crippen molar-refractivity contribution >= 4 is 42.9 Å². The molecular formula is C22H26ClFN4O3S. The predicted molar refractivity (Wildman–Crippen MR) is 123 cm³/mol. The minimum absolute atomic E-state index is 0. The van der Waals surface area contributed by atoms with Gasteiger partial charge in [0.05, 0.1) is 25.0 Å². The zero-order chi connectivity index (χ0) is 22.0. The topological polar surface area (TPSA) is 77.3 Å². The summed E-state index contributed by atoms with van der Waals surface area (Å²) < 4.78 is 20.8. The van der Waals surface area contributed by atoms with Crippen LogP contribution in [0.3, 0.4) is 0 Å². The molecule has 1 aromatic carbocycles. The van der Waals surface area contributed by atoms with Gasteiger partial charge in [-0.15, -0.1) is 17.5 Å². The first kappa shape index (κ1) is 24.4. The van der Waals surface area contributed by atoms with Crippen molar-refractivity contribution in [3.05, 3.63) is 53.1 Å². The van der Waals surface area contributed by atoms with E-state index in [0.717, 1.165) is 24.8 Å². The maximum absolute atomic E-state index is 14.7. The summed E-state index contributed by atoms with van der Waals surface area (Å²) in [5, 5.41) is 7.82. The molecule has 0 N–H and O–H groups in total. The van der Waals surface area contributed by atoms with Crippen LogP contribution in [0.1, 0.15) is 36.6 Å². The molecule has 4 rings (SSSR count). The number of rotatable bonds is 7. The summed E-state index contributed by atoms with van der Waals surface area (Å²) >= 11 is 4.72. The number of likely N-dealkylation sites (tertiary alicyclic amines) is 1. The number of aromatic nitrogens is 3. The molecule has 10 heteroatoms. The lowest BCUT2D eigenvalue weighted by molar-refractivity contribution is -0.141. The van der Waals surface area contributed by atoms with Gasteiger partial charge in [0, 0.05) is 29.8 Å². The molecule has 2 unspecified atom stereocenters. The molecule has 2 fully saturated rings. The van der Waals surface area contributed by atoms with Crippen LogP contribution in [0.5, 0.6) is 0 Å². The van der Waals surface area contributed by atoms with Crippen molar-refractivity contribution in [2.75, 3.05) is 20.2 Å². The number of carbonyl (C=O) groups excluding carboxylic acids is 2. The minimum Gasteiger partial charge on any atom is -0.468 e. The highest BCUT2D eigenvalue weighted by Crippen LogP contribution is 2.39. The lowest BCUT2D eigenvalue weighted by Crippen LogP contribution is -2.42. The second-order valence-corrected chi connectivity index (χ2v) is 8.61. The highest BCUT2D eigenvalue weighted by Gasteiger charge is 2.40. The lowest BCUT2D eigenvalue weighted by Gasteiger charge is -2.37. The molecule has 172 valence electrons. The number of benzene rings is 1. The third-order valence-electron chi connectivity index (χ3n) is 5.81. The maximum atomic E-state index is 14.7. The van der Waals surface area contributed by atoms with Gasteiger partial charge in [-0.25, -0.2) is 9.07 Å². The summed E-state index contributed by atoms with van der Waals surface area (Å²) in [6, 6.07) is 5.90. The standard InChI is InChI=1S/C22H25FN4O3S.ClH/c1-30-20(28)13-27-16(11-24-25-27)10-15-12-26(9-8-19(15)31)21(22(29)14-6-7-14)17-4-2-3-5-18(17)23;/h2-5,10-11,14,19,21,31H,6-9,12-13H2,1H3;1H/b15-10+;. The average molecular weight is 481 g/mol. The zero-order valence-electron chi connectivity index (χ0n) is 17.7. The van der Waals surface area contributed by atoms with Crippen LogP contribution < -0.4 is 0 Å². The molecule has 0 spiro atoms. The predicted octanol–water partition coefficient (Wildman–Crippen LogP) is 3.12. The summed E-state index contributed by atoms with van der Waals surface area (Å²) in [5.41, 5.74) is 2.04. The monoisotopic (exact) mass is 480 g/mol. The van der Waals surface area contributed by atoms with E-state index in [9.17, 15) is 14.0 Å². The molecule has 0 bridgehead atoms. The molecule has 32 heavy (non-hydrogen) atoms. The van der Waals surface area contributed by atoms with E-state index in [1.165, 1.54) is 17.9 Å². The van der Waals surface area contributed by atoms with Crippen molar-refractivity contribution in [2.24, 2.45) is 5.92 Å². The molecule has 1 aromatic heterocycles. The van der Waals surface area contributed by atoms with E-state index < -0.39 is 12.0 Å². The van der Waals surface area contributed by atoms with Crippen LogP contribution in [0.25, 0.3) is 6.08 Å². The number of esters is 1. The van der Waals surface area contributed by atoms with E-state index in [2.05, 4.69) is 10.3 Å². The van der Waals surface area contributed by atoms with Gasteiger partial charge < -0.3 is 4.74 Å². The number of ketones is 1. The Morgan fingerprint density at radius 3 is 2.75 bits per heavy atom. The van der Waals surface area contributed by atoms with Crippen molar-refractivity contribution in [2.45, 2.75) is 37.1 Å². The van der Waals surface area contributed by atoms with E-state index >= 15 is 0 Å². The van der Waals surface area contributed by atoms with Crippen LogP contribution in [0.4, 0.5) is 4.39 Å². The number of Topliss-reactive ketones (excluding diaryl/α,β-unsaturated/α-hetero) is 1. The molecule has 7 nitrogen and oxygen atoms in total. The Bertz CT molecular complexity index is 1010. The zero-order valence-corrected chi connectivity index (χ0v) is 19.4. The smallest absolute Gasteiger partial charge is 0.327 e. The fraction of sp³-hybridized carbons (Fsp3) is 0.455. The molecule has 2 heterocycles. The lowest BCUT2D eigenvalue weighted by atomic mass is 9.93. The van der Waals surface area contributed by atoms with Gasteiger partial charge in [0.2, 0.25) is 0 Å². The number of methoxy groups -OCH3 is 1. The molecule has 0 radical (unpaired) electrons. The van der Waals surface area contributed by atoms with Crippen LogP contribution in [-0.4, -0.2) is 57.1 Å². The number of nitrogens with zero attached hydrogens (tertiary/aromatic N) is 4. The Balaban J connectivity index is 0.00000289. The van der Waals surface area contributed by atoms with Crippen molar-refractivity contribution < 1.29 is 18.7 Å². The number of hydrogen-bond acceptors (Lipinski definition) is 7. The number of carbonyl (C=O) groups is 2. The molecule has 2 aromatic rings. The van der Waals surface area contributed by atoms with Gasteiger partial charge in [-0.05, 0) is 37.0 Å². The molecule has 1 aliphatic carbocycles. The number of thiol groups is 1. The Morgan fingerprint density at radius 2 is 2.06 bits per heavy atom. The Kier molecular flexibility index (Phi) is 8.08. The fourth-order valence-corrected chi connectivity index (χ4v) is 4.22. The number of piperidine rings is 1.